The van der Waals surface area contributed by atoms with E-state index in [2.05, 4.69) is 4.72 Å². The maximum Gasteiger partial charge on any atom is 0.242 e. The fraction of sp³-hybridized carbons (Fsp3) is 0.500. The van der Waals surface area contributed by atoms with E-state index in [4.69, 9.17) is 27.9 Å². The summed E-state index contributed by atoms with van der Waals surface area (Å²) in [5, 5.41) is 0.283. The lowest BCUT2D eigenvalue weighted by atomic mass is 10.1. The van der Waals surface area contributed by atoms with Gasteiger partial charge < -0.3 is 4.74 Å². The van der Waals surface area contributed by atoms with Crippen LogP contribution in [0, 0.1) is 0 Å². The predicted octanol–water partition coefficient (Wildman–Crippen LogP) is 3.47. The molecular weight excluding hydrogens is 309 g/mol. The highest BCUT2D eigenvalue weighted by Gasteiger charge is 2.25. The molecule has 0 aliphatic rings. The largest absolute Gasteiger partial charge is 0.492 e. The van der Waals surface area contributed by atoms with Gasteiger partial charge in [0.1, 0.15) is 10.6 Å². The fourth-order valence-electron chi connectivity index (χ4n) is 1.44. The maximum absolute atomic E-state index is 12.2. The van der Waals surface area contributed by atoms with E-state index in [0.29, 0.717) is 12.4 Å². The van der Waals surface area contributed by atoms with Crippen molar-refractivity contribution in [3.63, 3.8) is 0 Å². The molecule has 0 amide bonds. The molecule has 0 bridgehead atoms. The van der Waals surface area contributed by atoms with E-state index in [0.717, 1.165) is 0 Å². The third-order valence-electron chi connectivity index (χ3n) is 2.02. The van der Waals surface area contributed by atoms with E-state index in [1.54, 1.807) is 27.7 Å². The van der Waals surface area contributed by atoms with Gasteiger partial charge in [-0.25, -0.2) is 13.1 Å². The Bertz CT molecular complexity index is 565. The lowest BCUT2D eigenvalue weighted by Crippen LogP contribution is -2.40. The number of halogens is 2. The first-order chi connectivity index (χ1) is 8.57. The van der Waals surface area contributed by atoms with Gasteiger partial charge in [-0.3, -0.25) is 0 Å². The summed E-state index contributed by atoms with van der Waals surface area (Å²) < 4.78 is 32.2. The second-order valence-electron chi connectivity index (χ2n) is 5.00. The van der Waals surface area contributed by atoms with Crippen molar-refractivity contribution in [2.45, 2.75) is 38.1 Å². The SMILES string of the molecule is CCOc1cc(Cl)c(S(=O)(=O)NC(C)(C)C)cc1Cl. The van der Waals surface area contributed by atoms with Crippen molar-refractivity contribution in [3.05, 3.63) is 22.2 Å². The quantitative estimate of drug-likeness (QED) is 0.922. The van der Waals surface area contributed by atoms with Crippen molar-refractivity contribution in [2.24, 2.45) is 0 Å². The molecule has 0 aliphatic heterocycles. The van der Waals surface area contributed by atoms with E-state index in [-0.39, 0.29) is 14.9 Å². The van der Waals surface area contributed by atoms with E-state index in [1.807, 2.05) is 0 Å². The highest BCUT2D eigenvalue weighted by molar-refractivity contribution is 7.89. The topological polar surface area (TPSA) is 55.4 Å². The van der Waals surface area contributed by atoms with Gasteiger partial charge in [-0.1, -0.05) is 23.2 Å². The molecule has 1 aromatic carbocycles. The molecule has 0 saturated heterocycles. The van der Waals surface area contributed by atoms with Gasteiger partial charge in [-0.05, 0) is 33.8 Å². The summed E-state index contributed by atoms with van der Waals surface area (Å²) in [6.45, 7) is 7.45. The van der Waals surface area contributed by atoms with Gasteiger partial charge in [-0.2, -0.15) is 0 Å². The Balaban J connectivity index is 3.25. The highest BCUT2D eigenvalue weighted by Crippen LogP contribution is 2.33. The molecule has 4 nitrogen and oxygen atoms in total. The van der Waals surface area contributed by atoms with Gasteiger partial charge in [0.15, 0.2) is 0 Å². The first-order valence-electron chi connectivity index (χ1n) is 5.72. The minimum atomic E-state index is -3.72. The van der Waals surface area contributed by atoms with E-state index in [1.165, 1.54) is 12.1 Å². The zero-order chi connectivity index (χ0) is 14.8. The number of nitrogens with one attached hydrogen (secondary N) is 1. The zero-order valence-corrected chi connectivity index (χ0v) is 13.6. The Morgan fingerprint density at radius 2 is 1.79 bits per heavy atom. The monoisotopic (exact) mass is 325 g/mol. The summed E-state index contributed by atoms with van der Waals surface area (Å²) in [7, 11) is -3.72. The summed E-state index contributed by atoms with van der Waals surface area (Å²) in [6.07, 6.45) is 0. The summed E-state index contributed by atoms with van der Waals surface area (Å²) in [5.41, 5.74) is -0.604. The van der Waals surface area contributed by atoms with Gasteiger partial charge in [0.25, 0.3) is 0 Å². The van der Waals surface area contributed by atoms with Crippen LogP contribution in [-0.4, -0.2) is 20.6 Å². The molecule has 0 spiro atoms. The molecule has 0 aliphatic carbocycles. The second kappa shape index (κ2) is 5.87. The van der Waals surface area contributed by atoms with Gasteiger partial charge in [0.05, 0.1) is 16.7 Å². The Hall–Kier alpha value is -0.490. The second-order valence-corrected chi connectivity index (χ2v) is 7.47. The van der Waals surface area contributed by atoms with Crippen LogP contribution in [0.4, 0.5) is 0 Å². The highest BCUT2D eigenvalue weighted by atomic mass is 35.5. The van der Waals surface area contributed by atoms with Crippen LogP contribution in [0.25, 0.3) is 0 Å². The molecule has 1 aromatic rings. The molecule has 0 atom stereocenters. The molecule has 0 saturated carbocycles. The molecule has 0 unspecified atom stereocenters. The first kappa shape index (κ1) is 16.6. The first-order valence-corrected chi connectivity index (χ1v) is 7.96. The van der Waals surface area contributed by atoms with Crippen LogP contribution in [0.2, 0.25) is 10.0 Å². The minimum Gasteiger partial charge on any atom is -0.492 e. The zero-order valence-electron chi connectivity index (χ0n) is 11.3. The number of ether oxygens (including phenoxy) is 1. The van der Waals surface area contributed by atoms with Crippen molar-refractivity contribution < 1.29 is 13.2 Å². The predicted molar refractivity (Wildman–Crippen MR) is 77.7 cm³/mol. The Morgan fingerprint density at radius 3 is 2.26 bits per heavy atom. The van der Waals surface area contributed by atoms with Crippen molar-refractivity contribution >= 4 is 33.2 Å². The number of hydrogen-bond acceptors (Lipinski definition) is 3. The number of rotatable bonds is 4. The molecule has 108 valence electrons. The normalized spacial score (nSPS) is 12.5. The van der Waals surface area contributed by atoms with Crippen LogP contribution in [0.5, 0.6) is 5.75 Å². The average Bonchev–Trinajstić information content (AvgIpc) is 2.19. The Labute approximate surface area is 124 Å². The number of benzene rings is 1. The minimum absolute atomic E-state index is 0.0578. The smallest absolute Gasteiger partial charge is 0.242 e. The van der Waals surface area contributed by atoms with Crippen LogP contribution in [-0.2, 0) is 10.0 Å². The summed E-state index contributed by atoms with van der Waals surface area (Å²) in [4.78, 5) is -0.0578. The van der Waals surface area contributed by atoms with Crippen molar-refractivity contribution in [1.29, 1.82) is 0 Å². The summed E-state index contributed by atoms with van der Waals surface area (Å²) >= 11 is 12.0. The van der Waals surface area contributed by atoms with E-state index >= 15 is 0 Å². The van der Waals surface area contributed by atoms with Gasteiger partial charge in [0, 0.05) is 11.6 Å². The lowest BCUT2D eigenvalue weighted by molar-refractivity contribution is 0.340. The summed E-state index contributed by atoms with van der Waals surface area (Å²) in [5.74, 6) is 0.365. The standard InChI is InChI=1S/C12H17Cl2NO3S/c1-5-18-10-6-9(14)11(7-8(10)13)19(16,17)15-12(2,3)4/h6-7,15H,5H2,1-4H3. The van der Waals surface area contributed by atoms with Crippen molar-refractivity contribution in [3.8, 4) is 5.75 Å². The molecule has 19 heavy (non-hydrogen) atoms. The fourth-order valence-corrected chi connectivity index (χ4v) is 3.69. The molecule has 0 radical (unpaired) electrons. The maximum atomic E-state index is 12.2. The van der Waals surface area contributed by atoms with E-state index in [9.17, 15) is 8.42 Å². The number of sulfonamides is 1. The molecule has 1 N–H and O–H groups in total. The lowest BCUT2D eigenvalue weighted by Gasteiger charge is -2.21. The van der Waals surface area contributed by atoms with Gasteiger partial charge in [0.2, 0.25) is 10.0 Å². The molecule has 7 heteroatoms. The van der Waals surface area contributed by atoms with Crippen LogP contribution in [0.15, 0.2) is 17.0 Å². The van der Waals surface area contributed by atoms with E-state index < -0.39 is 15.6 Å². The molecule has 1 rings (SSSR count). The van der Waals surface area contributed by atoms with Crippen LogP contribution in [0.3, 0.4) is 0 Å². The van der Waals surface area contributed by atoms with Crippen LogP contribution in [0.1, 0.15) is 27.7 Å². The van der Waals surface area contributed by atoms with Gasteiger partial charge in [-0.15, -0.1) is 0 Å². The van der Waals surface area contributed by atoms with Gasteiger partial charge >= 0.3 is 0 Å². The van der Waals surface area contributed by atoms with Crippen LogP contribution < -0.4 is 9.46 Å². The summed E-state index contributed by atoms with van der Waals surface area (Å²) in [6, 6.07) is 2.70. The molecular formula is C12H17Cl2NO3S. The molecule has 0 heterocycles. The van der Waals surface area contributed by atoms with Crippen molar-refractivity contribution in [1.82, 2.24) is 4.72 Å². The molecule has 0 fully saturated rings. The van der Waals surface area contributed by atoms with Crippen molar-refractivity contribution in [2.75, 3.05) is 6.61 Å². The van der Waals surface area contributed by atoms with Crippen LogP contribution >= 0.6 is 23.2 Å². The third kappa shape index (κ3) is 4.53. The third-order valence-corrected chi connectivity index (χ3v) is 4.53. The molecule has 0 aromatic heterocycles. The average molecular weight is 326 g/mol. The Kier molecular flexibility index (Phi) is 5.12. The Morgan fingerprint density at radius 1 is 1.21 bits per heavy atom. The number of hydrogen-bond donors (Lipinski definition) is 1.